The lowest BCUT2D eigenvalue weighted by Crippen LogP contribution is -2.56. The Morgan fingerprint density at radius 3 is 2.58 bits per heavy atom. The second kappa shape index (κ2) is 9.27. The van der Waals surface area contributed by atoms with E-state index in [4.69, 9.17) is 3.07 Å². The fourth-order valence-corrected chi connectivity index (χ4v) is 8.80. The molecule has 0 radical (unpaired) electrons. The Labute approximate surface area is 204 Å². The number of carbonyl (C=O) groups is 1. The number of carbonyl (C=O) groups excluding carboxylic acids is 1. The van der Waals surface area contributed by atoms with Crippen molar-refractivity contribution in [3.63, 3.8) is 0 Å². The summed E-state index contributed by atoms with van der Waals surface area (Å²) in [4.78, 5) is 13.0. The number of nitrogens with one attached hydrogen (secondary N) is 1. The monoisotopic (exact) mass is 541 g/mol. The zero-order chi connectivity index (χ0) is 22.4. The first kappa shape index (κ1) is 24.0. The average Bonchev–Trinajstić information content (AvgIpc) is 3.01. The van der Waals surface area contributed by atoms with Gasteiger partial charge in [-0.1, -0.05) is 59.5 Å². The molecular weight excluding hydrogens is 497 g/mol. The minimum atomic E-state index is 0.151. The molecule has 31 heavy (non-hydrogen) atoms. The highest BCUT2D eigenvalue weighted by molar-refractivity contribution is 14.1. The highest BCUT2D eigenvalue weighted by Gasteiger charge is 2.59. The van der Waals surface area contributed by atoms with Crippen LogP contribution in [0.1, 0.15) is 98.8 Å². The number of fused-ring (bicyclic) bond motifs is 5. The van der Waals surface area contributed by atoms with Gasteiger partial charge in [0.2, 0.25) is 5.91 Å². The summed E-state index contributed by atoms with van der Waals surface area (Å²) in [5.41, 5.74) is 1.89. The molecule has 1 aliphatic heterocycles. The second-order valence-electron chi connectivity index (χ2n) is 12.3. The van der Waals surface area contributed by atoms with E-state index in [0.717, 1.165) is 37.0 Å². The molecule has 8 atom stereocenters. The van der Waals surface area contributed by atoms with Crippen LogP contribution in [-0.2, 0) is 7.86 Å². The van der Waals surface area contributed by atoms with Crippen molar-refractivity contribution in [2.45, 2.75) is 111 Å². The third kappa shape index (κ3) is 4.38. The molecule has 3 nitrogen and oxygen atoms in total. The maximum absolute atomic E-state index is 13.0. The van der Waals surface area contributed by atoms with Gasteiger partial charge < -0.3 is 8.38 Å². The fraction of sp³-hybridized carbons (Fsp3) is 0.889. The van der Waals surface area contributed by atoms with Crippen LogP contribution in [0.4, 0.5) is 0 Å². The van der Waals surface area contributed by atoms with Gasteiger partial charge in [-0.2, -0.15) is 0 Å². The summed E-state index contributed by atoms with van der Waals surface area (Å²) in [5.74, 6) is 3.79. The second-order valence-corrected chi connectivity index (χ2v) is 12.8. The van der Waals surface area contributed by atoms with Crippen LogP contribution in [0.25, 0.3) is 0 Å². The minimum absolute atomic E-state index is 0.151. The van der Waals surface area contributed by atoms with Crippen LogP contribution in [0, 0.1) is 40.4 Å². The van der Waals surface area contributed by atoms with Crippen molar-refractivity contribution in [1.82, 2.24) is 5.32 Å². The first-order chi connectivity index (χ1) is 14.7. The lowest BCUT2D eigenvalue weighted by atomic mass is 9.51. The molecule has 176 valence electrons. The summed E-state index contributed by atoms with van der Waals surface area (Å²) >= 11 is 2.04. The number of rotatable bonds is 6. The van der Waals surface area contributed by atoms with E-state index >= 15 is 0 Å². The van der Waals surface area contributed by atoms with E-state index in [2.05, 4.69) is 39.9 Å². The van der Waals surface area contributed by atoms with E-state index in [1.165, 1.54) is 50.5 Å². The SMILES string of the molecule is CC(C)CCCC(C)[C@H]1CC[C@H]2[C@@H]3NC(=O)C=C4C[C@@H](OI)CC[C@]4(C)[C@H]3CC[C@]12C. The molecule has 0 aromatic heterocycles. The summed E-state index contributed by atoms with van der Waals surface area (Å²) in [5, 5.41) is 3.55. The smallest absolute Gasteiger partial charge is 0.244 e. The molecule has 0 bridgehead atoms. The molecule has 0 saturated heterocycles. The molecule has 4 heteroatoms. The summed E-state index contributed by atoms with van der Waals surface area (Å²) < 4.78 is 5.67. The highest BCUT2D eigenvalue weighted by Crippen LogP contribution is 2.63. The van der Waals surface area contributed by atoms with E-state index in [1.807, 2.05) is 29.1 Å². The predicted molar refractivity (Wildman–Crippen MR) is 136 cm³/mol. The maximum atomic E-state index is 13.0. The zero-order valence-corrected chi connectivity index (χ0v) is 22.5. The van der Waals surface area contributed by atoms with E-state index in [-0.39, 0.29) is 17.4 Å². The summed E-state index contributed by atoms with van der Waals surface area (Å²) in [6.45, 7) is 12.2. The molecule has 3 saturated carbocycles. The van der Waals surface area contributed by atoms with Crippen molar-refractivity contribution >= 4 is 28.9 Å². The normalized spacial score (nSPS) is 43.4. The van der Waals surface area contributed by atoms with Gasteiger partial charge in [0.25, 0.3) is 0 Å². The molecule has 0 spiro atoms. The molecule has 3 aliphatic carbocycles. The van der Waals surface area contributed by atoms with Gasteiger partial charge in [0.05, 0.1) is 6.10 Å². The van der Waals surface area contributed by atoms with Crippen molar-refractivity contribution in [1.29, 1.82) is 0 Å². The molecule has 4 rings (SSSR count). The molecule has 0 aromatic carbocycles. The lowest BCUT2D eigenvalue weighted by Gasteiger charge is -2.55. The van der Waals surface area contributed by atoms with Crippen molar-refractivity contribution in [2.75, 3.05) is 0 Å². The molecule has 1 N–H and O–H groups in total. The first-order valence-corrected chi connectivity index (χ1v) is 13.9. The number of halogens is 1. The average molecular weight is 542 g/mol. The van der Waals surface area contributed by atoms with Crippen molar-refractivity contribution in [2.24, 2.45) is 40.4 Å². The van der Waals surface area contributed by atoms with Gasteiger partial charge >= 0.3 is 0 Å². The van der Waals surface area contributed by atoms with Crippen LogP contribution in [-0.4, -0.2) is 18.1 Å². The third-order valence-corrected chi connectivity index (χ3v) is 10.9. The third-order valence-electron chi connectivity index (χ3n) is 10.2. The van der Waals surface area contributed by atoms with Gasteiger partial charge in [-0.15, -0.1) is 0 Å². The molecule has 1 amide bonds. The number of hydrogen-bond acceptors (Lipinski definition) is 2. The molecule has 0 aromatic rings. The quantitative estimate of drug-likeness (QED) is 0.360. The zero-order valence-electron chi connectivity index (χ0n) is 20.4. The summed E-state index contributed by atoms with van der Waals surface area (Å²) in [6, 6.07) is 0.343. The Kier molecular flexibility index (Phi) is 7.19. The van der Waals surface area contributed by atoms with Gasteiger partial charge in [-0.3, -0.25) is 4.79 Å². The number of amides is 1. The largest absolute Gasteiger partial charge is 0.349 e. The first-order valence-electron chi connectivity index (χ1n) is 13.0. The van der Waals surface area contributed by atoms with Crippen molar-refractivity contribution < 1.29 is 7.86 Å². The molecule has 1 heterocycles. The summed E-state index contributed by atoms with van der Waals surface area (Å²) in [7, 11) is 0. The van der Waals surface area contributed by atoms with Crippen LogP contribution in [0.5, 0.6) is 0 Å². The number of hydrogen-bond donors (Lipinski definition) is 1. The van der Waals surface area contributed by atoms with Gasteiger partial charge in [0.15, 0.2) is 0 Å². The van der Waals surface area contributed by atoms with Gasteiger partial charge in [0, 0.05) is 12.1 Å². The van der Waals surface area contributed by atoms with Crippen molar-refractivity contribution in [3.8, 4) is 0 Å². The van der Waals surface area contributed by atoms with E-state index in [1.54, 1.807) is 0 Å². The van der Waals surface area contributed by atoms with Crippen LogP contribution in [0.3, 0.4) is 0 Å². The van der Waals surface area contributed by atoms with Crippen molar-refractivity contribution in [3.05, 3.63) is 11.6 Å². The molecular formula is C27H44INO2. The van der Waals surface area contributed by atoms with Crippen LogP contribution in [0.2, 0.25) is 0 Å². The molecule has 4 aliphatic rings. The fourth-order valence-electron chi connectivity index (χ4n) is 8.37. The van der Waals surface area contributed by atoms with Crippen LogP contribution in [0.15, 0.2) is 11.6 Å². The lowest BCUT2D eigenvalue weighted by molar-refractivity contribution is -0.119. The molecule has 3 fully saturated rings. The van der Waals surface area contributed by atoms with E-state index in [9.17, 15) is 4.79 Å². The predicted octanol–water partition coefficient (Wildman–Crippen LogP) is 7.24. The van der Waals surface area contributed by atoms with Gasteiger partial charge in [-0.25, -0.2) is 0 Å². The van der Waals surface area contributed by atoms with E-state index < -0.39 is 0 Å². The Morgan fingerprint density at radius 1 is 1.10 bits per heavy atom. The van der Waals surface area contributed by atoms with Gasteiger partial charge in [0.1, 0.15) is 23.0 Å². The Balaban J connectivity index is 1.54. The van der Waals surface area contributed by atoms with E-state index in [0.29, 0.717) is 23.3 Å². The maximum Gasteiger partial charge on any atom is 0.244 e. The Bertz CT molecular complexity index is 705. The Hall–Kier alpha value is -0.100. The highest BCUT2D eigenvalue weighted by atomic mass is 127. The van der Waals surface area contributed by atoms with Crippen LogP contribution >= 0.6 is 23.0 Å². The minimum Gasteiger partial charge on any atom is -0.349 e. The van der Waals surface area contributed by atoms with Gasteiger partial charge in [-0.05, 0) is 85.4 Å². The molecule has 1 unspecified atom stereocenters. The standard InChI is InChI=1S/C27H44INO2/c1-17(2)7-6-8-18(3)21-9-10-22-25-23(12-14-27(21,22)5)26(4)13-11-20(31-28)15-19(26)16-24(30)29-25/h16-18,20-23,25H,6-15H2,1-5H3,(H,29,30)/t18?,20-,21+,22-,23-,25-,26-,27+/m0/s1. The van der Waals surface area contributed by atoms with Crippen LogP contribution < -0.4 is 5.32 Å². The Morgan fingerprint density at radius 2 is 1.87 bits per heavy atom. The topological polar surface area (TPSA) is 38.3 Å². The summed E-state index contributed by atoms with van der Waals surface area (Å²) in [6.07, 6.45) is 14.7.